The Morgan fingerprint density at radius 3 is 2.48 bits per heavy atom. The van der Waals surface area contributed by atoms with Crippen LogP contribution in [0.3, 0.4) is 0 Å². The molecule has 0 N–H and O–H groups in total. The Bertz CT molecular complexity index is 684. The highest BCUT2D eigenvalue weighted by Gasteiger charge is 2.13. The highest BCUT2D eigenvalue weighted by atomic mass is 16.6. The molecule has 0 fully saturated rings. The summed E-state index contributed by atoms with van der Waals surface area (Å²) in [5, 5.41) is 8.89. The standard InChI is InChI=1S/C17H15NO3/c1-3-20-16-10-13(11-18)6-9-15(16)21-17(19)14-7-4-12(2)5-8-14/h4-10H,3H2,1-2H3. The Hall–Kier alpha value is -2.80. The average Bonchev–Trinajstić information content (AvgIpc) is 2.49. The number of nitriles is 1. The van der Waals surface area contributed by atoms with Crippen molar-refractivity contribution in [3.05, 3.63) is 59.2 Å². The van der Waals surface area contributed by atoms with Gasteiger partial charge in [0.25, 0.3) is 0 Å². The molecule has 0 spiro atoms. The highest BCUT2D eigenvalue weighted by molar-refractivity contribution is 5.91. The van der Waals surface area contributed by atoms with Crippen LogP contribution in [0.5, 0.6) is 11.5 Å². The van der Waals surface area contributed by atoms with Gasteiger partial charge in [-0.05, 0) is 38.1 Å². The van der Waals surface area contributed by atoms with E-state index in [1.54, 1.807) is 30.3 Å². The third kappa shape index (κ3) is 3.61. The lowest BCUT2D eigenvalue weighted by Gasteiger charge is -2.10. The van der Waals surface area contributed by atoms with E-state index in [0.717, 1.165) is 5.56 Å². The molecule has 0 atom stereocenters. The number of benzene rings is 2. The van der Waals surface area contributed by atoms with Gasteiger partial charge in [-0.3, -0.25) is 0 Å². The zero-order valence-electron chi connectivity index (χ0n) is 11.9. The van der Waals surface area contributed by atoms with E-state index in [0.29, 0.717) is 29.2 Å². The smallest absolute Gasteiger partial charge is 0.343 e. The van der Waals surface area contributed by atoms with Gasteiger partial charge in [0.1, 0.15) is 0 Å². The number of rotatable bonds is 4. The van der Waals surface area contributed by atoms with Crippen LogP contribution in [0.15, 0.2) is 42.5 Å². The minimum absolute atomic E-state index is 0.307. The normalized spacial score (nSPS) is 9.76. The third-order valence-corrected chi connectivity index (χ3v) is 2.86. The molecular formula is C17H15NO3. The second-order valence-corrected chi connectivity index (χ2v) is 4.46. The molecule has 0 amide bonds. The van der Waals surface area contributed by atoms with E-state index in [4.69, 9.17) is 14.7 Å². The molecular weight excluding hydrogens is 266 g/mol. The monoisotopic (exact) mass is 281 g/mol. The summed E-state index contributed by atoms with van der Waals surface area (Å²) in [4.78, 5) is 12.1. The lowest BCUT2D eigenvalue weighted by atomic mass is 10.1. The topological polar surface area (TPSA) is 59.3 Å². The molecule has 2 aromatic rings. The largest absolute Gasteiger partial charge is 0.490 e. The summed E-state index contributed by atoms with van der Waals surface area (Å²) < 4.78 is 10.8. The molecule has 21 heavy (non-hydrogen) atoms. The molecule has 2 aromatic carbocycles. The number of esters is 1. The van der Waals surface area contributed by atoms with Crippen LogP contribution in [0, 0.1) is 18.3 Å². The first kappa shape index (κ1) is 14.6. The zero-order chi connectivity index (χ0) is 15.2. The molecule has 106 valence electrons. The van der Waals surface area contributed by atoms with Crippen LogP contribution >= 0.6 is 0 Å². The number of aryl methyl sites for hydroxylation is 1. The van der Waals surface area contributed by atoms with E-state index in [-0.39, 0.29) is 0 Å². The summed E-state index contributed by atoms with van der Waals surface area (Å²) in [6.45, 7) is 4.19. The first-order valence-electron chi connectivity index (χ1n) is 6.60. The highest BCUT2D eigenvalue weighted by Crippen LogP contribution is 2.29. The number of carbonyl (C=O) groups excluding carboxylic acids is 1. The van der Waals surface area contributed by atoms with Crippen LogP contribution < -0.4 is 9.47 Å². The van der Waals surface area contributed by atoms with Crippen molar-refractivity contribution in [2.24, 2.45) is 0 Å². The molecule has 2 rings (SSSR count). The molecule has 4 nitrogen and oxygen atoms in total. The lowest BCUT2D eigenvalue weighted by Crippen LogP contribution is -2.09. The molecule has 0 aromatic heterocycles. The molecule has 0 bridgehead atoms. The van der Waals surface area contributed by atoms with Crippen molar-refractivity contribution in [2.45, 2.75) is 13.8 Å². The van der Waals surface area contributed by atoms with Crippen LogP contribution in [0.1, 0.15) is 28.4 Å². The van der Waals surface area contributed by atoms with Gasteiger partial charge in [-0.25, -0.2) is 4.79 Å². The van der Waals surface area contributed by atoms with E-state index in [1.807, 2.05) is 32.0 Å². The molecule has 0 radical (unpaired) electrons. The number of carbonyl (C=O) groups is 1. The van der Waals surface area contributed by atoms with Crippen LogP contribution in [-0.4, -0.2) is 12.6 Å². The first-order valence-corrected chi connectivity index (χ1v) is 6.60. The van der Waals surface area contributed by atoms with Crippen molar-refractivity contribution in [1.29, 1.82) is 5.26 Å². The predicted molar refractivity (Wildman–Crippen MR) is 78.5 cm³/mol. The minimum atomic E-state index is -0.458. The van der Waals surface area contributed by atoms with Crippen LogP contribution in [0.2, 0.25) is 0 Å². The van der Waals surface area contributed by atoms with Gasteiger partial charge in [0.2, 0.25) is 0 Å². The molecule has 0 heterocycles. The maximum atomic E-state index is 12.1. The van der Waals surface area contributed by atoms with E-state index >= 15 is 0 Å². The van der Waals surface area contributed by atoms with Crippen molar-refractivity contribution in [3.8, 4) is 17.6 Å². The van der Waals surface area contributed by atoms with Crippen molar-refractivity contribution in [1.82, 2.24) is 0 Å². The molecule has 0 saturated carbocycles. The fraction of sp³-hybridized carbons (Fsp3) is 0.176. The summed E-state index contributed by atoms with van der Waals surface area (Å²) >= 11 is 0. The Kier molecular flexibility index (Phi) is 4.57. The second kappa shape index (κ2) is 6.58. The van der Waals surface area contributed by atoms with Crippen molar-refractivity contribution in [3.63, 3.8) is 0 Å². The Labute approximate surface area is 123 Å². The zero-order valence-corrected chi connectivity index (χ0v) is 11.9. The minimum Gasteiger partial charge on any atom is -0.490 e. The van der Waals surface area contributed by atoms with Gasteiger partial charge in [0.15, 0.2) is 11.5 Å². The summed E-state index contributed by atoms with van der Waals surface area (Å²) in [6, 6.07) is 13.8. The van der Waals surface area contributed by atoms with Gasteiger partial charge >= 0.3 is 5.97 Å². The van der Waals surface area contributed by atoms with Crippen molar-refractivity contribution >= 4 is 5.97 Å². The van der Waals surface area contributed by atoms with Gasteiger partial charge < -0.3 is 9.47 Å². The summed E-state index contributed by atoms with van der Waals surface area (Å²) in [5.74, 6) is 0.235. The van der Waals surface area contributed by atoms with Crippen molar-refractivity contribution in [2.75, 3.05) is 6.61 Å². The molecule has 0 aliphatic carbocycles. The predicted octanol–water partition coefficient (Wildman–Crippen LogP) is 3.48. The van der Waals surface area contributed by atoms with Gasteiger partial charge in [0.05, 0.1) is 23.8 Å². The first-order chi connectivity index (χ1) is 10.1. The average molecular weight is 281 g/mol. The van der Waals surface area contributed by atoms with Crippen LogP contribution in [-0.2, 0) is 0 Å². The van der Waals surface area contributed by atoms with Gasteiger partial charge in [-0.2, -0.15) is 5.26 Å². The van der Waals surface area contributed by atoms with Gasteiger partial charge in [-0.1, -0.05) is 17.7 Å². The maximum absolute atomic E-state index is 12.1. The Balaban J connectivity index is 2.24. The maximum Gasteiger partial charge on any atom is 0.343 e. The Morgan fingerprint density at radius 1 is 1.14 bits per heavy atom. The molecule has 4 heteroatoms. The SMILES string of the molecule is CCOc1cc(C#N)ccc1OC(=O)c1ccc(C)cc1. The van der Waals surface area contributed by atoms with Gasteiger partial charge in [-0.15, -0.1) is 0 Å². The number of hydrogen-bond donors (Lipinski definition) is 0. The Morgan fingerprint density at radius 2 is 1.86 bits per heavy atom. The number of hydrogen-bond acceptors (Lipinski definition) is 4. The third-order valence-electron chi connectivity index (χ3n) is 2.86. The fourth-order valence-corrected chi connectivity index (χ4v) is 1.78. The summed E-state index contributed by atoms with van der Waals surface area (Å²) in [7, 11) is 0. The second-order valence-electron chi connectivity index (χ2n) is 4.46. The molecule has 0 saturated heterocycles. The van der Waals surface area contributed by atoms with Crippen molar-refractivity contribution < 1.29 is 14.3 Å². The number of nitrogens with zero attached hydrogens (tertiary/aromatic N) is 1. The van der Waals surface area contributed by atoms with E-state index in [2.05, 4.69) is 0 Å². The van der Waals surface area contributed by atoms with Crippen LogP contribution in [0.4, 0.5) is 0 Å². The number of ether oxygens (including phenoxy) is 2. The van der Waals surface area contributed by atoms with E-state index in [9.17, 15) is 4.79 Å². The molecule has 0 aliphatic heterocycles. The van der Waals surface area contributed by atoms with E-state index < -0.39 is 5.97 Å². The fourth-order valence-electron chi connectivity index (χ4n) is 1.78. The summed E-state index contributed by atoms with van der Waals surface area (Å²) in [6.07, 6.45) is 0. The molecule has 0 aliphatic rings. The summed E-state index contributed by atoms with van der Waals surface area (Å²) in [5.41, 5.74) is 1.99. The van der Waals surface area contributed by atoms with Gasteiger partial charge in [0, 0.05) is 6.07 Å². The quantitative estimate of drug-likeness (QED) is 0.636. The van der Waals surface area contributed by atoms with E-state index in [1.165, 1.54) is 0 Å². The molecule has 0 unspecified atom stereocenters. The lowest BCUT2D eigenvalue weighted by molar-refractivity contribution is 0.0728. The van der Waals surface area contributed by atoms with Crippen LogP contribution in [0.25, 0.3) is 0 Å².